The number of aromatic nitrogens is 4. The molecule has 16 heteroatoms. The van der Waals surface area contributed by atoms with Crippen molar-refractivity contribution in [2.75, 3.05) is 60.9 Å². The molecule has 1 aliphatic carbocycles. The number of nitriles is 1. The van der Waals surface area contributed by atoms with Crippen LogP contribution in [0.3, 0.4) is 0 Å². The predicted molar refractivity (Wildman–Crippen MR) is 229 cm³/mol. The van der Waals surface area contributed by atoms with Gasteiger partial charge in [-0.05, 0) is 100 Å². The first-order chi connectivity index (χ1) is 29.4. The third kappa shape index (κ3) is 7.79. The summed E-state index contributed by atoms with van der Waals surface area (Å²) in [6.07, 6.45) is 8.52. The second-order valence-corrected chi connectivity index (χ2v) is 17.3. The van der Waals surface area contributed by atoms with E-state index in [1.807, 2.05) is 40.0 Å². The van der Waals surface area contributed by atoms with Crippen molar-refractivity contribution < 1.29 is 24.3 Å². The molecular weight excluding hydrogens is 775 g/mol. The number of nitrogens with one attached hydrogen (secondary N) is 2. The van der Waals surface area contributed by atoms with Crippen molar-refractivity contribution in [3.05, 3.63) is 83.3 Å². The predicted octanol–water partition coefficient (Wildman–Crippen LogP) is 4.81. The lowest BCUT2D eigenvalue weighted by atomic mass is 9.89. The van der Waals surface area contributed by atoms with Gasteiger partial charge in [-0.25, -0.2) is 9.31 Å². The van der Waals surface area contributed by atoms with Gasteiger partial charge in [0.1, 0.15) is 11.8 Å². The lowest BCUT2D eigenvalue weighted by molar-refractivity contribution is -0.138. The van der Waals surface area contributed by atoms with E-state index in [0.29, 0.717) is 53.7 Å². The van der Waals surface area contributed by atoms with Crippen LogP contribution in [-0.2, 0) is 21.6 Å². The lowest BCUT2D eigenvalue weighted by Gasteiger charge is -2.46. The molecule has 1 saturated carbocycles. The summed E-state index contributed by atoms with van der Waals surface area (Å²) in [5.74, 6) is -0.430. The van der Waals surface area contributed by atoms with E-state index >= 15 is 0 Å². The van der Waals surface area contributed by atoms with E-state index in [0.717, 1.165) is 86.1 Å². The number of piperazine rings is 1. The maximum atomic E-state index is 13.6. The summed E-state index contributed by atoms with van der Waals surface area (Å²) in [6, 6.07) is 17.2. The highest BCUT2D eigenvalue weighted by atomic mass is 16.3. The number of aliphatic hydroxyl groups is 1. The molecule has 0 spiro atoms. The number of carbonyl (C=O) groups is 4. The Kier molecular flexibility index (Phi) is 10.5. The highest BCUT2D eigenvalue weighted by molar-refractivity contribution is 6.06. The topological polar surface area (TPSA) is 184 Å². The van der Waals surface area contributed by atoms with Crippen LogP contribution in [0.15, 0.2) is 60.9 Å². The first-order valence-electron chi connectivity index (χ1n) is 21.3. The number of imide groups is 1. The molecule has 3 N–H and O–H groups in total. The standard InChI is InChI=1S/C45H51N11O5/c1-4-29-20-34(9-11-39(29)54-14-13-41(57)49-44(54)60)53-25-31(26-53)43(59)52-17-15-51(16-18-52)32-5-7-33(8-6-32)55-27-30-21-38(36(45(2,3)61)22-37(30)50-55)48-42(58)40-12-10-35-19-28(23-46)24-47-56(35)40/h9-12,19-22,24,27,31-33,61H,4-8,13-18,25-26H2,1-3H3,(H,48,58)(H,49,57,60). The van der Waals surface area contributed by atoms with Crippen molar-refractivity contribution in [3.8, 4) is 6.07 Å². The van der Waals surface area contributed by atoms with Crippen LogP contribution in [0.25, 0.3) is 16.4 Å². The second-order valence-electron chi connectivity index (χ2n) is 17.3. The molecule has 0 radical (unpaired) electrons. The number of benzene rings is 2. The van der Waals surface area contributed by atoms with Gasteiger partial charge in [-0.1, -0.05) is 6.92 Å². The van der Waals surface area contributed by atoms with E-state index in [9.17, 15) is 29.5 Å². The maximum absolute atomic E-state index is 13.6. The number of carbonyl (C=O) groups excluding carboxylic acids is 4. The summed E-state index contributed by atoms with van der Waals surface area (Å²) in [4.78, 5) is 59.7. The number of fused-ring (bicyclic) bond motifs is 2. The van der Waals surface area contributed by atoms with Crippen LogP contribution in [0.4, 0.5) is 21.9 Å². The summed E-state index contributed by atoms with van der Waals surface area (Å²) in [5, 5.41) is 35.9. The van der Waals surface area contributed by atoms with Crippen molar-refractivity contribution in [1.82, 2.24) is 34.5 Å². The molecule has 3 aliphatic heterocycles. The first kappa shape index (κ1) is 40.1. The third-order valence-electron chi connectivity index (χ3n) is 13.0. The van der Waals surface area contributed by atoms with Gasteiger partial charge in [0.25, 0.3) is 5.91 Å². The number of nitrogens with zero attached hydrogens (tertiary/aromatic N) is 9. The number of amides is 5. The van der Waals surface area contributed by atoms with Gasteiger partial charge < -0.3 is 20.2 Å². The molecule has 2 aromatic carbocycles. The summed E-state index contributed by atoms with van der Waals surface area (Å²) >= 11 is 0. The van der Waals surface area contributed by atoms with Crippen molar-refractivity contribution in [3.63, 3.8) is 0 Å². The zero-order chi connectivity index (χ0) is 42.6. The van der Waals surface area contributed by atoms with Gasteiger partial charge in [0.05, 0.1) is 40.4 Å². The number of hydrogen-bond acceptors (Lipinski definition) is 10. The summed E-state index contributed by atoms with van der Waals surface area (Å²) in [7, 11) is 0. The Morgan fingerprint density at radius 2 is 1.72 bits per heavy atom. The molecule has 5 aromatic rings. The molecule has 3 aromatic heterocycles. The van der Waals surface area contributed by atoms with Crippen LogP contribution in [0.1, 0.15) is 86.1 Å². The maximum Gasteiger partial charge on any atom is 0.328 e. The minimum Gasteiger partial charge on any atom is -0.386 e. The molecule has 16 nitrogen and oxygen atoms in total. The van der Waals surface area contributed by atoms with Crippen LogP contribution >= 0.6 is 0 Å². The van der Waals surface area contributed by atoms with Gasteiger partial charge in [0, 0.05) is 92.5 Å². The number of urea groups is 1. The first-order valence-corrected chi connectivity index (χ1v) is 21.3. The number of hydrogen-bond donors (Lipinski definition) is 3. The van der Waals surface area contributed by atoms with Crippen molar-refractivity contribution >= 4 is 57.2 Å². The quantitative estimate of drug-likeness (QED) is 0.187. The summed E-state index contributed by atoms with van der Waals surface area (Å²) in [5.41, 5.74) is 4.80. The van der Waals surface area contributed by atoms with Gasteiger partial charge in [-0.3, -0.25) is 34.2 Å². The Balaban J connectivity index is 0.776. The zero-order valence-electron chi connectivity index (χ0n) is 34.8. The number of rotatable bonds is 9. The van der Waals surface area contributed by atoms with Crippen LogP contribution < -0.4 is 20.4 Å². The Morgan fingerprint density at radius 3 is 2.43 bits per heavy atom. The average Bonchev–Trinajstić information content (AvgIpc) is 3.87. The highest BCUT2D eigenvalue weighted by Crippen LogP contribution is 2.37. The van der Waals surface area contributed by atoms with Crippen molar-refractivity contribution in [2.45, 2.75) is 77.0 Å². The fourth-order valence-electron chi connectivity index (χ4n) is 9.51. The van der Waals surface area contributed by atoms with Gasteiger partial charge in [0.2, 0.25) is 11.8 Å². The normalized spacial score (nSPS) is 20.5. The SMILES string of the molecule is CCc1cc(N2CC(C(=O)N3CCN(C4CCC(n5cc6cc(NC(=O)c7ccc8cc(C#N)cnn78)c(C(C)(C)O)cc6n5)CC4)CC3)C2)ccc1N1CCC(=O)NC1=O. The fourth-order valence-corrected chi connectivity index (χ4v) is 9.51. The van der Waals surface area contributed by atoms with Crippen molar-refractivity contribution in [2.24, 2.45) is 5.92 Å². The molecule has 3 saturated heterocycles. The van der Waals surface area contributed by atoms with E-state index in [2.05, 4.69) is 44.6 Å². The van der Waals surface area contributed by atoms with E-state index < -0.39 is 5.60 Å². The van der Waals surface area contributed by atoms with Gasteiger partial charge >= 0.3 is 6.03 Å². The number of aryl methyl sites for hydroxylation is 1. The van der Waals surface area contributed by atoms with Gasteiger partial charge in [-0.15, -0.1) is 0 Å². The molecule has 6 heterocycles. The van der Waals surface area contributed by atoms with Crippen LogP contribution in [0, 0.1) is 17.2 Å². The van der Waals surface area contributed by atoms with Gasteiger partial charge in [-0.2, -0.15) is 15.5 Å². The van der Waals surface area contributed by atoms with E-state index in [-0.39, 0.29) is 42.1 Å². The molecule has 4 fully saturated rings. The Labute approximate surface area is 353 Å². The summed E-state index contributed by atoms with van der Waals surface area (Å²) < 4.78 is 3.54. The third-order valence-corrected chi connectivity index (χ3v) is 13.0. The Bertz CT molecular complexity index is 2580. The molecule has 0 atom stereocenters. The van der Waals surface area contributed by atoms with E-state index in [4.69, 9.17) is 5.10 Å². The molecule has 0 unspecified atom stereocenters. The number of anilines is 3. The van der Waals surface area contributed by atoms with Crippen LogP contribution in [-0.4, -0.2) is 110 Å². The summed E-state index contributed by atoms with van der Waals surface area (Å²) in [6.45, 7) is 10.4. The highest BCUT2D eigenvalue weighted by Gasteiger charge is 2.38. The molecule has 316 valence electrons. The van der Waals surface area contributed by atoms with E-state index in [1.54, 1.807) is 36.9 Å². The monoisotopic (exact) mass is 825 g/mol. The van der Waals surface area contributed by atoms with Crippen molar-refractivity contribution in [1.29, 1.82) is 5.26 Å². The molecule has 9 rings (SSSR count). The lowest BCUT2D eigenvalue weighted by Crippen LogP contribution is -2.59. The molecule has 4 aliphatic rings. The smallest absolute Gasteiger partial charge is 0.328 e. The molecule has 0 bridgehead atoms. The minimum atomic E-state index is -1.25. The molecule has 61 heavy (non-hydrogen) atoms. The van der Waals surface area contributed by atoms with Crippen LogP contribution in [0.2, 0.25) is 0 Å². The Hall–Kier alpha value is -6.31. The average molecular weight is 826 g/mol. The minimum absolute atomic E-state index is 0.0288. The molecular formula is C45H51N11O5. The molecule has 5 amide bonds. The zero-order valence-corrected chi connectivity index (χ0v) is 34.8. The van der Waals surface area contributed by atoms with Gasteiger partial charge in [0.15, 0.2) is 0 Å². The largest absolute Gasteiger partial charge is 0.386 e. The van der Waals surface area contributed by atoms with Crippen LogP contribution in [0.5, 0.6) is 0 Å². The fraction of sp³-hybridized carbons (Fsp3) is 0.444. The second kappa shape index (κ2) is 15.9. The Morgan fingerprint density at radius 1 is 0.967 bits per heavy atom. The van der Waals surface area contributed by atoms with E-state index in [1.165, 1.54) is 10.7 Å².